The van der Waals surface area contributed by atoms with E-state index in [9.17, 15) is 0 Å². The Kier molecular flexibility index (Phi) is 22.7. The summed E-state index contributed by atoms with van der Waals surface area (Å²) in [5.41, 5.74) is 10.1. The van der Waals surface area contributed by atoms with Crippen LogP contribution >= 0.6 is 0 Å². The fourth-order valence-corrected chi connectivity index (χ4v) is 7.23. The Morgan fingerprint density at radius 3 is 1.48 bits per heavy atom. The van der Waals surface area contributed by atoms with Crippen molar-refractivity contribution in [3.8, 4) is 34.1 Å². The van der Waals surface area contributed by atoms with Crippen molar-refractivity contribution in [2.75, 3.05) is 0 Å². The summed E-state index contributed by atoms with van der Waals surface area (Å²) >= 11 is 0. The Morgan fingerprint density at radius 2 is 0.938 bits per heavy atom. The number of nitrogens with zero attached hydrogens (tertiary/aromatic N) is 7. The molecule has 0 unspecified atom stereocenters. The first-order valence-electron chi connectivity index (χ1n) is 25.6. The van der Waals surface area contributed by atoms with Crippen LogP contribution in [0.3, 0.4) is 0 Å². The Balaban J connectivity index is 0.000000151. The van der Waals surface area contributed by atoms with Crippen LogP contribution in [0.1, 0.15) is 67.6 Å². The van der Waals surface area contributed by atoms with Gasteiger partial charge in [0.1, 0.15) is 29.4 Å². The average molecular weight is 1070 g/mol. The zero-order valence-corrected chi connectivity index (χ0v) is 45.9. The predicted molar refractivity (Wildman–Crippen MR) is 320 cm³/mol. The summed E-state index contributed by atoms with van der Waals surface area (Å²) in [4.78, 5) is 16.6. The van der Waals surface area contributed by atoms with Gasteiger partial charge in [-0.1, -0.05) is 140 Å². The van der Waals surface area contributed by atoms with Gasteiger partial charge in [-0.25, -0.2) is 24.5 Å². The number of hydrogen-bond donors (Lipinski definition) is 0. The molecule has 0 atom stereocenters. The molecule has 7 heterocycles. The van der Waals surface area contributed by atoms with Crippen LogP contribution < -0.4 is 4.57 Å². The van der Waals surface area contributed by atoms with E-state index in [4.69, 9.17) is 26.5 Å². The van der Waals surface area contributed by atoms with Crippen molar-refractivity contribution < 1.29 is 31.1 Å². The molecule has 0 radical (unpaired) electrons. The second-order valence-corrected chi connectivity index (χ2v) is 17.7. The Morgan fingerprint density at radius 1 is 0.412 bits per heavy atom. The summed E-state index contributed by atoms with van der Waals surface area (Å²) in [7, 11) is 2.01. The first kappa shape index (κ1) is 59.2. The van der Waals surface area contributed by atoms with Crippen LogP contribution in [0.5, 0.6) is 0 Å². The molecule has 13 heteroatoms. The van der Waals surface area contributed by atoms with Gasteiger partial charge in [0.05, 0.1) is 12.4 Å². The van der Waals surface area contributed by atoms with Crippen LogP contribution in [-0.4, -0.2) is 30.1 Å². The lowest BCUT2D eigenvalue weighted by Crippen LogP contribution is -2.25. The minimum atomic E-state index is 0. The maximum Gasteiger partial charge on any atom is 0.247 e. The number of para-hydroxylation sites is 5. The number of fused-ring (bicyclic) bond motifs is 3. The third kappa shape index (κ3) is 18.6. The van der Waals surface area contributed by atoms with Crippen LogP contribution in [0.15, 0.2) is 239 Å². The molecule has 80 heavy (non-hydrogen) atoms. The van der Waals surface area contributed by atoms with E-state index in [-0.39, 0.29) is 7.43 Å². The number of aromatic nitrogens is 7. The lowest BCUT2D eigenvalue weighted by atomic mass is 10.1. The molecule has 0 N–H and O–H groups in total. The minimum absolute atomic E-state index is 0. The summed E-state index contributed by atoms with van der Waals surface area (Å²) in [6.45, 7) is 15.4. The Labute approximate surface area is 467 Å². The largest absolute Gasteiger partial charge is 0.461 e. The van der Waals surface area contributed by atoms with Crippen molar-refractivity contribution in [3.63, 3.8) is 0 Å². The topological polar surface area (TPSA) is 160 Å². The number of benzene rings is 6. The fourth-order valence-electron chi connectivity index (χ4n) is 7.23. The minimum Gasteiger partial charge on any atom is -0.461 e. The van der Waals surface area contributed by atoms with Crippen LogP contribution in [0.4, 0.5) is 0 Å². The molecule has 0 bridgehead atoms. The zero-order chi connectivity index (χ0) is 55.8. The van der Waals surface area contributed by atoms with E-state index in [0.717, 1.165) is 67.6 Å². The highest BCUT2D eigenvalue weighted by Crippen LogP contribution is 2.22. The third-order valence-corrected chi connectivity index (χ3v) is 11.1. The van der Waals surface area contributed by atoms with Gasteiger partial charge >= 0.3 is 0 Å². The van der Waals surface area contributed by atoms with Crippen molar-refractivity contribution in [1.82, 2.24) is 30.1 Å². The lowest BCUT2D eigenvalue weighted by molar-refractivity contribution is -0.671. The molecule has 6 aromatic carbocycles. The Hall–Kier alpha value is -10.0. The molecule has 0 aliphatic carbocycles. The smallest absolute Gasteiger partial charge is 0.247 e. The molecular weight excluding hydrogens is 999 g/mol. The predicted octanol–water partition coefficient (Wildman–Crippen LogP) is 17.6. The summed E-state index contributed by atoms with van der Waals surface area (Å²) in [6, 6.07) is 57.6. The van der Waals surface area contributed by atoms with E-state index in [2.05, 4.69) is 49.2 Å². The number of allylic oxidation sites excluding steroid dienone is 2. The maximum absolute atomic E-state index is 5.51. The van der Waals surface area contributed by atoms with Gasteiger partial charge in [-0.2, -0.15) is 0 Å². The summed E-state index contributed by atoms with van der Waals surface area (Å²) in [5.74, 6) is 6.51. The first-order chi connectivity index (χ1) is 38.4. The highest BCUT2D eigenvalue weighted by Gasteiger charge is 2.06. The van der Waals surface area contributed by atoms with Crippen molar-refractivity contribution in [2.24, 2.45) is 7.05 Å². The van der Waals surface area contributed by atoms with Crippen molar-refractivity contribution in [1.29, 1.82) is 0 Å². The van der Waals surface area contributed by atoms with Gasteiger partial charge in [0.2, 0.25) is 23.6 Å². The highest BCUT2D eigenvalue weighted by molar-refractivity contribution is 5.77. The summed E-state index contributed by atoms with van der Waals surface area (Å²) < 4.78 is 34.2. The molecule has 0 saturated heterocycles. The van der Waals surface area contributed by atoms with Crippen LogP contribution in [0.25, 0.3) is 79.4 Å². The van der Waals surface area contributed by atoms with Gasteiger partial charge < -0.3 is 26.5 Å². The van der Waals surface area contributed by atoms with Crippen molar-refractivity contribution >= 4 is 45.3 Å². The standard InChI is InChI=1S/C12H11NO.C10H10N2O.2C10H9NO.C9H8O.C8H7NO.C7H10N.CH4/c1-2-6-12-13-9-11(14-12)10-7-4-3-5-8-10;1-7-3-5-9(6-4-7)10-12-11-8(2)13-10;1-8-11-7-10(12-8)9-5-3-2-4-6-9;1-2-5-10-11-8-6-3-4-7-9(8)12-10;1-7-6-8-4-2-3-5-9(8)10-7;1-6-9-7-4-2-3-5-8(7)10-6;1-7-3-5-8(2)6-4-7;/h2-9H,1H3;3-6H,1-2H3;2*2-7H,1H3;2-6H,1H3;2-5H,1H3;3-6H,1-2H3;1H4/q;;;;;;+1;/b6-2+;;;5-2+;;;;. The zero-order valence-electron chi connectivity index (χ0n) is 45.9. The second kappa shape index (κ2) is 30.7. The monoisotopic (exact) mass is 1070 g/mol. The number of aryl methyl sites for hydroxylation is 7. The number of oxazole rings is 4. The Bertz CT molecular complexity index is 3710. The molecule has 13 nitrogen and oxygen atoms in total. The van der Waals surface area contributed by atoms with Crippen LogP contribution in [-0.2, 0) is 7.05 Å². The van der Waals surface area contributed by atoms with Gasteiger partial charge in [-0.3, -0.25) is 0 Å². The second-order valence-electron chi connectivity index (χ2n) is 17.7. The summed E-state index contributed by atoms with van der Waals surface area (Å²) in [6.07, 6.45) is 15.1. The molecule has 406 valence electrons. The summed E-state index contributed by atoms with van der Waals surface area (Å²) in [5, 5.41) is 8.88. The molecule has 13 aromatic rings. The maximum atomic E-state index is 5.51. The van der Waals surface area contributed by atoms with E-state index in [0.29, 0.717) is 29.5 Å². The van der Waals surface area contributed by atoms with Gasteiger partial charge in [0, 0.05) is 55.0 Å². The van der Waals surface area contributed by atoms with Gasteiger partial charge in [0.25, 0.3) is 0 Å². The van der Waals surface area contributed by atoms with E-state index in [1.165, 1.54) is 16.5 Å². The van der Waals surface area contributed by atoms with Crippen molar-refractivity contribution in [3.05, 3.63) is 259 Å². The SMILES string of the molecule is C.C/C=C/c1nc2ccccc2o1.C/C=C/c1ncc(-c2ccccc2)o1.Cc1cc2ccccc2o1.Cc1cc[n+](C)cc1.Cc1ccc(-c2nnc(C)o2)cc1.Cc1nc2ccccc2o1.Cc1ncc(-c2ccccc2)o1. The number of hydrogen-bond acceptors (Lipinski definition) is 12. The number of rotatable bonds is 5. The molecule has 0 saturated carbocycles. The van der Waals surface area contributed by atoms with Crippen LogP contribution in [0, 0.1) is 41.5 Å². The normalized spacial score (nSPS) is 10.4. The van der Waals surface area contributed by atoms with Gasteiger partial charge in [0.15, 0.2) is 46.9 Å². The third-order valence-electron chi connectivity index (χ3n) is 11.1. The first-order valence-corrected chi connectivity index (χ1v) is 25.6. The van der Waals surface area contributed by atoms with E-state index < -0.39 is 0 Å². The molecule has 7 aromatic heterocycles. The number of pyridine rings is 1. The van der Waals surface area contributed by atoms with Gasteiger partial charge in [-0.05, 0) is 101 Å². The molecule has 0 aliphatic heterocycles. The molecule has 0 spiro atoms. The van der Waals surface area contributed by atoms with Gasteiger partial charge in [-0.15, -0.1) is 10.2 Å². The molecule has 0 fully saturated rings. The molecular formula is C67H68N7O6+. The van der Waals surface area contributed by atoms with Crippen LogP contribution in [0.2, 0.25) is 0 Å². The van der Waals surface area contributed by atoms with E-state index >= 15 is 0 Å². The quantitative estimate of drug-likeness (QED) is 0.150. The molecule has 13 rings (SSSR count). The average Bonchev–Trinajstić information content (AvgIpc) is 4.36. The highest BCUT2D eigenvalue weighted by atomic mass is 16.4. The molecule has 0 aliphatic rings. The number of furan rings is 1. The van der Waals surface area contributed by atoms with E-state index in [1.807, 2.05) is 254 Å². The molecule has 0 amide bonds. The fraction of sp³-hybridized carbons (Fsp3) is 0.149. The lowest BCUT2D eigenvalue weighted by Gasteiger charge is -1.94. The van der Waals surface area contributed by atoms with Crippen molar-refractivity contribution in [2.45, 2.75) is 62.8 Å². The van der Waals surface area contributed by atoms with E-state index in [1.54, 1.807) is 19.3 Å².